The number of nitrogens with one attached hydrogen (secondary N) is 2. The Bertz CT molecular complexity index is 859. The molecule has 7 nitrogen and oxygen atoms in total. The fraction of sp³-hybridized carbons (Fsp3) is 0.429. The van der Waals surface area contributed by atoms with E-state index in [1.165, 1.54) is 12.1 Å². The number of aryl methyl sites for hydroxylation is 1. The Morgan fingerprint density at radius 1 is 1.50 bits per heavy atom. The summed E-state index contributed by atoms with van der Waals surface area (Å²) in [4.78, 5) is 12.1. The van der Waals surface area contributed by atoms with Gasteiger partial charge in [-0.15, -0.1) is 11.3 Å². The molecule has 1 amide bonds. The van der Waals surface area contributed by atoms with Crippen molar-refractivity contribution in [3.63, 3.8) is 0 Å². The lowest BCUT2D eigenvalue weighted by Gasteiger charge is -2.23. The Balaban J connectivity index is 1.61. The van der Waals surface area contributed by atoms with Gasteiger partial charge in [0.05, 0.1) is 23.1 Å². The van der Waals surface area contributed by atoms with Crippen molar-refractivity contribution in [2.45, 2.75) is 29.5 Å². The predicted molar refractivity (Wildman–Crippen MR) is 91.5 cm³/mol. The van der Waals surface area contributed by atoms with Gasteiger partial charge in [0, 0.05) is 18.3 Å². The molecular weight excluding hydrogens is 372 g/mol. The minimum absolute atomic E-state index is 0.0903. The highest BCUT2D eigenvalue weighted by molar-refractivity contribution is 7.91. The van der Waals surface area contributed by atoms with Gasteiger partial charge in [-0.05, 0) is 31.4 Å². The van der Waals surface area contributed by atoms with Crippen LogP contribution in [0.4, 0.5) is 0 Å². The van der Waals surface area contributed by atoms with Gasteiger partial charge in [0.15, 0.2) is 0 Å². The molecule has 0 saturated heterocycles. The maximum Gasteiger partial charge on any atom is 0.250 e. The van der Waals surface area contributed by atoms with Crippen molar-refractivity contribution < 1.29 is 13.2 Å². The third kappa shape index (κ3) is 3.64. The van der Waals surface area contributed by atoms with E-state index in [1.807, 2.05) is 11.7 Å². The second kappa shape index (κ2) is 6.83. The average molecular weight is 389 g/mol. The van der Waals surface area contributed by atoms with Crippen LogP contribution >= 0.6 is 22.9 Å². The van der Waals surface area contributed by atoms with E-state index in [4.69, 9.17) is 11.6 Å². The minimum Gasteiger partial charge on any atom is -0.348 e. The molecule has 0 aliphatic heterocycles. The van der Waals surface area contributed by atoms with Crippen molar-refractivity contribution in [2.24, 2.45) is 7.05 Å². The van der Waals surface area contributed by atoms with Gasteiger partial charge < -0.3 is 5.32 Å². The Labute approximate surface area is 149 Å². The van der Waals surface area contributed by atoms with Crippen molar-refractivity contribution in [1.82, 2.24) is 19.8 Å². The summed E-state index contributed by atoms with van der Waals surface area (Å²) in [5.41, 5.74) is 2.12. The van der Waals surface area contributed by atoms with E-state index in [0.29, 0.717) is 4.34 Å². The number of carbonyl (C=O) groups is 1. The highest BCUT2D eigenvalue weighted by Crippen LogP contribution is 2.29. The first-order valence-electron chi connectivity index (χ1n) is 7.42. The lowest BCUT2D eigenvalue weighted by atomic mass is 9.93. The zero-order valence-corrected chi connectivity index (χ0v) is 15.3. The first-order valence-corrected chi connectivity index (χ1v) is 10.1. The molecule has 2 aromatic rings. The van der Waals surface area contributed by atoms with Crippen LogP contribution in [0.3, 0.4) is 0 Å². The lowest BCUT2D eigenvalue weighted by molar-refractivity contribution is -0.120. The zero-order valence-electron chi connectivity index (χ0n) is 13.0. The van der Waals surface area contributed by atoms with Gasteiger partial charge in [0.1, 0.15) is 4.21 Å². The highest BCUT2D eigenvalue weighted by Gasteiger charge is 2.25. The number of fused-ring (bicyclic) bond motifs is 1. The molecule has 0 fully saturated rings. The average Bonchev–Trinajstić information content (AvgIpc) is 3.13. The quantitative estimate of drug-likeness (QED) is 0.813. The molecule has 0 spiro atoms. The van der Waals surface area contributed by atoms with Crippen LogP contribution in [-0.2, 0) is 28.3 Å². The molecule has 1 aliphatic carbocycles. The summed E-state index contributed by atoms with van der Waals surface area (Å²) in [6.45, 7) is -0.316. The maximum absolute atomic E-state index is 12.1. The lowest BCUT2D eigenvalue weighted by Crippen LogP contribution is -2.39. The predicted octanol–water partition coefficient (Wildman–Crippen LogP) is 1.61. The van der Waals surface area contributed by atoms with Crippen LogP contribution in [-0.4, -0.2) is 30.7 Å². The molecule has 1 atom stereocenters. The number of aromatic nitrogens is 2. The first kappa shape index (κ1) is 17.4. The van der Waals surface area contributed by atoms with Gasteiger partial charge in [-0.25, -0.2) is 13.1 Å². The SMILES string of the molecule is Cn1ncc2c1CCC[C@H]2NC(=O)CNS(=O)(=O)c1ccc(Cl)s1. The molecule has 0 saturated carbocycles. The van der Waals surface area contributed by atoms with Crippen LogP contribution < -0.4 is 10.0 Å². The number of hydrogen-bond donors (Lipinski definition) is 2. The molecule has 24 heavy (non-hydrogen) atoms. The van der Waals surface area contributed by atoms with E-state index >= 15 is 0 Å². The monoisotopic (exact) mass is 388 g/mol. The molecule has 10 heteroatoms. The standard InChI is InChI=1S/C14H17ClN4O3S2/c1-19-11-4-2-3-10(9(11)7-16-19)18-13(20)8-17-24(21,22)14-6-5-12(15)23-14/h5-7,10,17H,2-4,8H2,1H3,(H,18,20)/t10-/m1/s1. The second-order valence-electron chi connectivity index (χ2n) is 5.57. The van der Waals surface area contributed by atoms with Crippen molar-refractivity contribution in [3.05, 3.63) is 33.9 Å². The van der Waals surface area contributed by atoms with Gasteiger partial charge in [-0.1, -0.05) is 11.6 Å². The number of rotatable bonds is 5. The fourth-order valence-corrected chi connectivity index (χ4v) is 5.28. The van der Waals surface area contributed by atoms with Crippen molar-refractivity contribution in [3.8, 4) is 0 Å². The van der Waals surface area contributed by atoms with E-state index in [9.17, 15) is 13.2 Å². The molecule has 2 aromatic heterocycles. The number of sulfonamides is 1. The fourth-order valence-electron chi connectivity index (χ4n) is 2.78. The summed E-state index contributed by atoms with van der Waals surface area (Å²) < 4.78 is 28.8. The number of thiophene rings is 1. The molecule has 2 heterocycles. The second-order valence-corrected chi connectivity index (χ2v) is 9.27. The van der Waals surface area contributed by atoms with Gasteiger partial charge in [-0.2, -0.15) is 5.10 Å². The van der Waals surface area contributed by atoms with E-state index in [1.54, 1.807) is 6.20 Å². The van der Waals surface area contributed by atoms with Crippen LogP contribution in [0.5, 0.6) is 0 Å². The number of hydrogen-bond acceptors (Lipinski definition) is 5. The van der Waals surface area contributed by atoms with Crippen molar-refractivity contribution >= 4 is 38.9 Å². The zero-order chi connectivity index (χ0) is 17.3. The third-order valence-electron chi connectivity index (χ3n) is 3.95. The molecule has 2 N–H and O–H groups in total. The number of halogens is 1. The molecule has 1 aliphatic rings. The van der Waals surface area contributed by atoms with Crippen LogP contribution in [0.2, 0.25) is 4.34 Å². The van der Waals surface area contributed by atoms with Crippen LogP contribution in [0, 0.1) is 0 Å². The summed E-state index contributed by atoms with van der Waals surface area (Å²) in [6, 6.07) is 2.79. The molecule has 0 radical (unpaired) electrons. The number of nitrogens with zero attached hydrogens (tertiary/aromatic N) is 2. The Hall–Kier alpha value is -1.42. The van der Waals surface area contributed by atoms with E-state index in [0.717, 1.165) is 41.9 Å². The molecule has 3 rings (SSSR count). The summed E-state index contributed by atoms with van der Waals surface area (Å²) in [7, 11) is -1.85. The van der Waals surface area contributed by atoms with Gasteiger partial charge >= 0.3 is 0 Å². The van der Waals surface area contributed by atoms with Gasteiger partial charge in [0.25, 0.3) is 10.0 Å². The number of carbonyl (C=O) groups excluding carboxylic acids is 1. The molecule has 0 aromatic carbocycles. The highest BCUT2D eigenvalue weighted by atomic mass is 35.5. The third-order valence-corrected chi connectivity index (χ3v) is 7.07. The normalized spacial score (nSPS) is 17.5. The van der Waals surface area contributed by atoms with E-state index < -0.39 is 10.0 Å². The van der Waals surface area contributed by atoms with Crippen LogP contribution in [0.25, 0.3) is 0 Å². The molecule has 130 valence electrons. The Morgan fingerprint density at radius 2 is 2.29 bits per heavy atom. The van der Waals surface area contributed by atoms with Gasteiger partial charge in [-0.3, -0.25) is 9.48 Å². The topological polar surface area (TPSA) is 93.1 Å². The van der Waals surface area contributed by atoms with Crippen LogP contribution in [0.1, 0.15) is 30.1 Å². The minimum atomic E-state index is -3.72. The summed E-state index contributed by atoms with van der Waals surface area (Å²) in [5.74, 6) is -0.372. The smallest absolute Gasteiger partial charge is 0.250 e. The van der Waals surface area contributed by atoms with Crippen molar-refractivity contribution in [1.29, 1.82) is 0 Å². The van der Waals surface area contributed by atoms with Crippen molar-refractivity contribution in [2.75, 3.05) is 6.54 Å². The van der Waals surface area contributed by atoms with Gasteiger partial charge in [0.2, 0.25) is 5.91 Å². The van der Waals surface area contributed by atoms with Crippen LogP contribution in [0.15, 0.2) is 22.5 Å². The largest absolute Gasteiger partial charge is 0.348 e. The molecule has 0 unspecified atom stereocenters. The Morgan fingerprint density at radius 3 is 3.00 bits per heavy atom. The van der Waals surface area contributed by atoms with E-state index in [2.05, 4.69) is 15.1 Å². The Kier molecular flexibility index (Phi) is 4.95. The summed E-state index contributed by atoms with van der Waals surface area (Å²) >= 11 is 6.69. The van der Waals surface area contributed by atoms with E-state index in [-0.39, 0.29) is 22.7 Å². The first-order chi connectivity index (χ1) is 11.4. The number of amides is 1. The molecule has 0 bridgehead atoms. The summed E-state index contributed by atoms with van der Waals surface area (Å²) in [5, 5.41) is 7.10. The molecular formula is C14H17ClN4O3S2. The maximum atomic E-state index is 12.1. The summed E-state index contributed by atoms with van der Waals surface area (Å²) in [6.07, 6.45) is 4.47.